The molecule has 2 aromatic carbocycles. The Balaban J connectivity index is 1.82. The fraction of sp³-hybridized carbons (Fsp3) is 0.158. The molecule has 0 spiro atoms. The average molecular weight is 405 g/mol. The number of H-pyrrole nitrogens is 1. The van der Waals surface area contributed by atoms with Crippen molar-refractivity contribution in [1.82, 2.24) is 9.88 Å². The molecule has 7 nitrogen and oxygen atoms in total. The Labute approximate surface area is 163 Å². The molecule has 0 radical (unpaired) electrons. The lowest BCUT2D eigenvalue weighted by atomic mass is 10.1. The van der Waals surface area contributed by atoms with Crippen molar-refractivity contribution in [2.45, 2.75) is 12.7 Å². The molecule has 1 aromatic heterocycles. The Bertz CT molecular complexity index is 1080. The van der Waals surface area contributed by atoms with Gasteiger partial charge >= 0.3 is 6.18 Å². The minimum atomic E-state index is -4.54. The highest BCUT2D eigenvalue weighted by atomic mass is 19.4. The van der Waals surface area contributed by atoms with Crippen molar-refractivity contribution in [2.24, 2.45) is 16.6 Å². The third kappa shape index (κ3) is 4.32. The van der Waals surface area contributed by atoms with Gasteiger partial charge in [0.1, 0.15) is 5.69 Å². The van der Waals surface area contributed by atoms with Crippen LogP contribution >= 0.6 is 0 Å². The number of amides is 1. The first-order valence-electron chi connectivity index (χ1n) is 8.47. The van der Waals surface area contributed by atoms with E-state index < -0.39 is 17.6 Å². The first kappa shape index (κ1) is 20.2. The van der Waals surface area contributed by atoms with E-state index in [9.17, 15) is 18.0 Å². The minimum Gasteiger partial charge on any atom is -0.367 e. The number of aromatic nitrogens is 1. The second kappa shape index (κ2) is 7.84. The van der Waals surface area contributed by atoms with Crippen LogP contribution in [0.5, 0.6) is 5.75 Å². The van der Waals surface area contributed by atoms with Gasteiger partial charge in [-0.3, -0.25) is 9.69 Å². The van der Waals surface area contributed by atoms with Crippen LogP contribution in [0.1, 0.15) is 21.6 Å². The summed E-state index contributed by atoms with van der Waals surface area (Å²) >= 11 is 0. The monoisotopic (exact) mass is 405 g/mol. The Morgan fingerprint density at radius 2 is 1.93 bits per heavy atom. The van der Waals surface area contributed by atoms with E-state index in [1.807, 2.05) is 0 Å². The van der Waals surface area contributed by atoms with Gasteiger partial charge < -0.3 is 21.3 Å². The lowest BCUT2D eigenvalue weighted by Gasteiger charge is -2.14. The van der Waals surface area contributed by atoms with E-state index in [1.165, 1.54) is 19.2 Å². The summed E-state index contributed by atoms with van der Waals surface area (Å²) < 4.78 is 39.5. The lowest BCUT2D eigenvalue weighted by Crippen LogP contribution is -2.39. The zero-order chi connectivity index (χ0) is 21.2. The quantitative estimate of drug-likeness (QED) is 0.352. The molecule has 0 saturated carbocycles. The molecule has 10 heteroatoms. The minimum absolute atomic E-state index is 0.0671. The van der Waals surface area contributed by atoms with E-state index in [4.69, 9.17) is 16.3 Å². The highest BCUT2D eigenvalue weighted by Crippen LogP contribution is 2.35. The van der Waals surface area contributed by atoms with Crippen LogP contribution in [-0.4, -0.2) is 28.8 Å². The van der Waals surface area contributed by atoms with Crippen LogP contribution in [0, 0.1) is 0 Å². The van der Waals surface area contributed by atoms with Crippen LogP contribution in [-0.2, 0) is 12.7 Å². The summed E-state index contributed by atoms with van der Waals surface area (Å²) in [7, 11) is 1.33. The van der Waals surface area contributed by atoms with Crippen molar-refractivity contribution < 1.29 is 22.8 Å². The van der Waals surface area contributed by atoms with Gasteiger partial charge in [-0.1, -0.05) is 18.2 Å². The highest BCUT2D eigenvalue weighted by molar-refractivity contribution is 6.06. The number of fused-ring (bicyclic) bond motifs is 1. The number of guanidine groups is 1. The molecule has 3 rings (SSSR count). The van der Waals surface area contributed by atoms with E-state index in [2.05, 4.69) is 10.1 Å². The van der Waals surface area contributed by atoms with E-state index in [0.717, 1.165) is 22.6 Å². The molecule has 3 aromatic rings. The van der Waals surface area contributed by atoms with E-state index >= 15 is 0 Å². The highest BCUT2D eigenvalue weighted by Gasteiger charge is 2.33. The standard InChI is InChI=1S/C19H18F3N5O2/c1-27(18(24)26-29-12-5-2-4-11(8-12)10-23)17(28)16-9-13-14(19(20,21)22)6-3-7-15(13)25-16/h2-9,25H,10,23H2,1H3,(H2,24,26). The molecule has 0 unspecified atom stereocenters. The summed E-state index contributed by atoms with van der Waals surface area (Å²) in [5, 5.41) is 3.58. The van der Waals surface area contributed by atoms with Gasteiger partial charge in [0.15, 0.2) is 5.75 Å². The molecular formula is C19H18F3N5O2. The van der Waals surface area contributed by atoms with Gasteiger partial charge in [0.25, 0.3) is 5.91 Å². The third-order valence-corrected chi connectivity index (χ3v) is 4.23. The fourth-order valence-electron chi connectivity index (χ4n) is 2.69. The second-order valence-electron chi connectivity index (χ2n) is 6.20. The largest absolute Gasteiger partial charge is 0.417 e. The normalized spacial score (nSPS) is 12.2. The maximum atomic E-state index is 13.2. The molecule has 29 heavy (non-hydrogen) atoms. The van der Waals surface area contributed by atoms with Crippen molar-refractivity contribution in [1.29, 1.82) is 0 Å². The number of alkyl halides is 3. The molecular weight excluding hydrogens is 387 g/mol. The van der Waals surface area contributed by atoms with Crippen LogP contribution in [0.2, 0.25) is 0 Å². The molecule has 1 amide bonds. The molecule has 1 heterocycles. The summed E-state index contributed by atoms with van der Waals surface area (Å²) in [6.45, 7) is 0.315. The number of carbonyl (C=O) groups is 1. The van der Waals surface area contributed by atoms with Crippen LogP contribution in [0.4, 0.5) is 13.2 Å². The van der Waals surface area contributed by atoms with Crippen LogP contribution in [0.25, 0.3) is 10.9 Å². The van der Waals surface area contributed by atoms with Gasteiger partial charge in [0.05, 0.1) is 5.56 Å². The van der Waals surface area contributed by atoms with Gasteiger partial charge in [-0.15, -0.1) is 0 Å². The number of benzene rings is 2. The Morgan fingerprint density at radius 3 is 2.62 bits per heavy atom. The summed E-state index contributed by atoms with van der Waals surface area (Å²) in [6.07, 6.45) is -4.54. The van der Waals surface area contributed by atoms with Crippen molar-refractivity contribution in [2.75, 3.05) is 7.05 Å². The number of halogens is 3. The number of nitrogens with zero attached hydrogens (tertiary/aromatic N) is 2. The Kier molecular flexibility index (Phi) is 5.46. The van der Waals surface area contributed by atoms with Crippen LogP contribution in [0.3, 0.4) is 0 Å². The lowest BCUT2D eigenvalue weighted by molar-refractivity contribution is -0.136. The van der Waals surface area contributed by atoms with Crippen molar-refractivity contribution >= 4 is 22.8 Å². The zero-order valence-corrected chi connectivity index (χ0v) is 15.3. The number of nitrogens with one attached hydrogen (secondary N) is 1. The maximum absolute atomic E-state index is 13.2. The Morgan fingerprint density at radius 1 is 1.21 bits per heavy atom. The van der Waals surface area contributed by atoms with Crippen molar-refractivity contribution in [3.8, 4) is 5.75 Å². The summed E-state index contributed by atoms with van der Waals surface area (Å²) in [5.41, 5.74) is 11.4. The van der Waals surface area contributed by atoms with E-state index in [0.29, 0.717) is 12.3 Å². The number of hydrogen-bond acceptors (Lipinski definition) is 4. The molecule has 0 atom stereocenters. The SMILES string of the molecule is CN(C(=O)c1cc2c(C(F)(F)F)cccc2[nH]1)C(N)=NOc1cccc(CN)c1. The van der Waals surface area contributed by atoms with E-state index in [1.54, 1.807) is 24.3 Å². The third-order valence-electron chi connectivity index (χ3n) is 4.23. The predicted octanol–water partition coefficient (Wildman–Crippen LogP) is 3.03. The van der Waals surface area contributed by atoms with E-state index in [-0.39, 0.29) is 22.6 Å². The number of carbonyl (C=O) groups excluding carboxylic acids is 1. The topological polar surface area (TPSA) is 110 Å². The predicted molar refractivity (Wildman–Crippen MR) is 102 cm³/mol. The fourth-order valence-corrected chi connectivity index (χ4v) is 2.69. The van der Waals surface area contributed by atoms with Gasteiger partial charge in [-0.2, -0.15) is 13.2 Å². The molecule has 0 aliphatic heterocycles. The molecule has 5 N–H and O–H groups in total. The van der Waals surface area contributed by atoms with Crippen molar-refractivity contribution in [3.05, 3.63) is 65.4 Å². The molecule has 0 aliphatic rings. The van der Waals surface area contributed by atoms with Gasteiger partial charge in [0, 0.05) is 24.5 Å². The number of nitrogens with two attached hydrogens (primary N) is 2. The number of aromatic amines is 1. The van der Waals surface area contributed by atoms with Crippen molar-refractivity contribution in [3.63, 3.8) is 0 Å². The van der Waals surface area contributed by atoms with Gasteiger partial charge in [-0.05, 0) is 41.1 Å². The molecule has 0 saturated heterocycles. The average Bonchev–Trinajstić information content (AvgIpc) is 3.14. The smallest absolute Gasteiger partial charge is 0.367 e. The maximum Gasteiger partial charge on any atom is 0.417 e. The summed E-state index contributed by atoms with van der Waals surface area (Å²) in [6, 6.07) is 11.6. The second-order valence-corrected chi connectivity index (χ2v) is 6.20. The first-order valence-corrected chi connectivity index (χ1v) is 8.47. The summed E-state index contributed by atoms with van der Waals surface area (Å²) in [4.78, 5) is 21.4. The molecule has 0 bridgehead atoms. The zero-order valence-electron chi connectivity index (χ0n) is 15.3. The van der Waals surface area contributed by atoms with Crippen LogP contribution in [0.15, 0.2) is 53.7 Å². The van der Waals surface area contributed by atoms with Gasteiger partial charge in [-0.25, -0.2) is 0 Å². The number of oxime groups is 1. The first-order chi connectivity index (χ1) is 13.7. The summed E-state index contributed by atoms with van der Waals surface area (Å²) in [5.74, 6) is -0.574. The van der Waals surface area contributed by atoms with Gasteiger partial charge in [0.2, 0.25) is 5.96 Å². The van der Waals surface area contributed by atoms with Crippen LogP contribution < -0.4 is 16.3 Å². The molecule has 152 valence electrons. The molecule has 0 aliphatic carbocycles. The number of hydrogen-bond donors (Lipinski definition) is 3. The Hall–Kier alpha value is -3.53. The molecule has 0 fully saturated rings. The number of rotatable bonds is 4.